The Kier molecular flexibility index (Phi) is 3.06. The van der Waals surface area contributed by atoms with Crippen LogP contribution < -0.4 is 4.74 Å². The minimum Gasteiger partial charge on any atom is -0.473 e. The lowest BCUT2D eigenvalue weighted by Crippen LogP contribution is -2.04. The third-order valence-electron chi connectivity index (χ3n) is 3.78. The number of ether oxygens (including phenoxy) is 1. The van der Waals surface area contributed by atoms with Crippen LogP contribution in [0, 0.1) is 0 Å². The van der Waals surface area contributed by atoms with Crippen molar-refractivity contribution in [1.82, 2.24) is 19.5 Å². The molecule has 1 saturated carbocycles. The summed E-state index contributed by atoms with van der Waals surface area (Å²) in [6.07, 6.45) is 4.29. The fraction of sp³-hybridized carbons (Fsp3) is 0.353. The van der Waals surface area contributed by atoms with Crippen molar-refractivity contribution in [2.24, 2.45) is 0 Å². The van der Waals surface area contributed by atoms with Gasteiger partial charge in [0.2, 0.25) is 5.88 Å². The van der Waals surface area contributed by atoms with Gasteiger partial charge in [0, 0.05) is 11.6 Å². The molecule has 5 heteroatoms. The number of nitrogens with zero attached hydrogens (tertiary/aromatic N) is 4. The van der Waals surface area contributed by atoms with E-state index in [9.17, 15) is 0 Å². The van der Waals surface area contributed by atoms with Crippen molar-refractivity contribution in [2.45, 2.75) is 38.8 Å². The molecule has 4 rings (SSSR count). The Labute approximate surface area is 129 Å². The SMILES string of the molecule is CC(C)n1cnc2c(OC3CC3)nc(-c3ccccc3)nc21. The van der Waals surface area contributed by atoms with Crippen molar-refractivity contribution >= 4 is 11.2 Å². The average Bonchev–Trinajstić information content (AvgIpc) is 3.23. The monoisotopic (exact) mass is 294 g/mol. The molecule has 0 N–H and O–H groups in total. The average molecular weight is 294 g/mol. The largest absolute Gasteiger partial charge is 0.473 e. The van der Waals surface area contributed by atoms with Crippen LogP contribution in [0.15, 0.2) is 36.7 Å². The standard InChI is InChI=1S/C17H18N4O/c1-11(2)21-10-18-14-16(21)19-15(12-6-4-3-5-7-12)20-17(14)22-13-8-9-13/h3-7,10-11,13H,8-9H2,1-2H3. The highest BCUT2D eigenvalue weighted by molar-refractivity contribution is 5.79. The van der Waals surface area contributed by atoms with Crippen LogP contribution in [0.4, 0.5) is 0 Å². The summed E-state index contributed by atoms with van der Waals surface area (Å²) in [5.74, 6) is 1.29. The van der Waals surface area contributed by atoms with Gasteiger partial charge in [0.05, 0.1) is 6.33 Å². The molecule has 1 aliphatic rings. The smallest absolute Gasteiger partial charge is 0.246 e. The van der Waals surface area contributed by atoms with Crippen molar-refractivity contribution in [3.05, 3.63) is 36.7 Å². The molecule has 0 radical (unpaired) electrons. The Balaban J connectivity index is 1.91. The normalized spacial score (nSPS) is 14.7. The minimum atomic E-state index is 0.283. The number of benzene rings is 1. The van der Waals surface area contributed by atoms with Gasteiger partial charge in [-0.3, -0.25) is 0 Å². The molecule has 0 saturated heterocycles. The van der Waals surface area contributed by atoms with Gasteiger partial charge in [0.25, 0.3) is 0 Å². The number of hydrogen-bond donors (Lipinski definition) is 0. The summed E-state index contributed by atoms with van der Waals surface area (Å²) in [5, 5.41) is 0. The molecule has 1 aromatic carbocycles. The highest BCUT2D eigenvalue weighted by Crippen LogP contribution is 2.32. The Hall–Kier alpha value is -2.43. The molecule has 112 valence electrons. The Morgan fingerprint density at radius 1 is 1.14 bits per heavy atom. The van der Waals surface area contributed by atoms with E-state index in [4.69, 9.17) is 9.72 Å². The van der Waals surface area contributed by atoms with Crippen LogP contribution in [-0.2, 0) is 0 Å². The lowest BCUT2D eigenvalue weighted by Gasteiger charge is -2.10. The first-order valence-corrected chi connectivity index (χ1v) is 7.69. The van der Waals surface area contributed by atoms with Crippen molar-refractivity contribution in [1.29, 1.82) is 0 Å². The minimum absolute atomic E-state index is 0.283. The quantitative estimate of drug-likeness (QED) is 0.737. The van der Waals surface area contributed by atoms with E-state index < -0.39 is 0 Å². The van der Waals surface area contributed by atoms with Gasteiger partial charge < -0.3 is 9.30 Å². The molecule has 22 heavy (non-hydrogen) atoms. The second-order valence-electron chi connectivity index (χ2n) is 5.95. The third-order valence-corrected chi connectivity index (χ3v) is 3.78. The number of aromatic nitrogens is 4. The lowest BCUT2D eigenvalue weighted by molar-refractivity contribution is 0.294. The van der Waals surface area contributed by atoms with E-state index in [-0.39, 0.29) is 12.1 Å². The maximum absolute atomic E-state index is 5.97. The number of fused-ring (bicyclic) bond motifs is 1. The van der Waals surface area contributed by atoms with E-state index in [0.717, 1.165) is 29.6 Å². The summed E-state index contributed by atoms with van der Waals surface area (Å²) in [7, 11) is 0. The zero-order chi connectivity index (χ0) is 15.1. The summed E-state index contributed by atoms with van der Waals surface area (Å²) in [4.78, 5) is 13.8. The lowest BCUT2D eigenvalue weighted by atomic mass is 10.2. The third kappa shape index (κ3) is 2.32. The van der Waals surface area contributed by atoms with E-state index in [1.165, 1.54) is 0 Å². The van der Waals surface area contributed by atoms with Gasteiger partial charge in [-0.25, -0.2) is 9.97 Å². The fourth-order valence-corrected chi connectivity index (χ4v) is 2.41. The second kappa shape index (κ2) is 5.09. The fourth-order valence-electron chi connectivity index (χ4n) is 2.41. The highest BCUT2D eigenvalue weighted by atomic mass is 16.5. The van der Waals surface area contributed by atoms with E-state index >= 15 is 0 Å². The van der Waals surface area contributed by atoms with Crippen molar-refractivity contribution in [2.75, 3.05) is 0 Å². The van der Waals surface area contributed by atoms with Crippen molar-refractivity contribution < 1.29 is 4.74 Å². The first kappa shape index (κ1) is 13.2. The van der Waals surface area contributed by atoms with Gasteiger partial charge in [-0.15, -0.1) is 0 Å². The molecular weight excluding hydrogens is 276 g/mol. The first-order chi connectivity index (χ1) is 10.7. The molecule has 5 nitrogen and oxygen atoms in total. The molecule has 2 heterocycles. The molecule has 3 aromatic rings. The summed E-state index contributed by atoms with van der Waals surface area (Å²) in [6.45, 7) is 4.24. The summed E-state index contributed by atoms with van der Waals surface area (Å²) >= 11 is 0. The summed E-state index contributed by atoms with van der Waals surface area (Å²) in [6, 6.07) is 10.3. The zero-order valence-corrected chi connectivity index (χ0v) is 12.7. The van der Waals surface area contributed by atoms with Crippen molar-refractivity contribution in [3.8, 4) is 17.3 Å². The van der Waals surface area contributed by atoms with Gasteiger partial charge in [-0.2, -0.15) is 4.98 Å². The van der Waals surface area contributed by atoms with Crippen LogP contribution in [0.25, 0.3) is 22.6 Å². The topological polar surface area (TPSA) is 52.8 Å². The van der Waals surface area contributed by atoms with Crippen molar-refractivity contribution in [3.63, 3.8) is 0 Å². The van der Waals surface area contributed by atoms with Crippen LogP contribution >= 0.6 is 0 Å². The van der Waals surface area contributed by atoms with Crippen LogP contribution in [-0.4, -0.2) is 25.6 Å². The molecule has 2 aromatic heterocycles. The molecule has 0 spiro atoms. The maximum Gasteiger partial charge on any atom is 0.246 e. The van der Waals surface area contributed by atoms with Crippen LogP contribution in [0.2, 0.25) is 0 Å². The van der Waals surface area contributed by atoms with Crippen LogP contribution in [0.1, 0.15) is 32.7 Å². The number of hydrogen-bond acceptors (Lipinski definition) is 4. The molecule has 0 unspecified atom stereocenters. The van der Waals surface area contributed by atoms with Crippen LogP contribution in [0.3, 0.4) is 0 Å². The number of rotatable bonds is 4. The van der Waals surface area contributed by atoms with Gasteiger partial charge in [0.1, 0.15) is 6.10 Å². The Morgan fingerprint density at radius 3 is 2.59 bits per heavy atom. The van der Waals surface area contributed by atoms with Gasteiger partial charge in [0.15, 0.2) is 17.0 Å². The zero-order valence-electron chi connectivity index (χ0n) is 12.7. The van der Waals surface area contributed by atoms with Gasteiger partial charge >= 0.3 is 0 Å². The van der Waals surface area contributed by atoms with Crippen LogP contribution in [0.5, 0.6) is 5.88 Å². The predicted octanol–water partition coefficient (Wildman–Crippen LogP) is 3.62. The van der Waals surface area contributed by atoms with E-state index in [2.05, 4.69) is 28.4 Å². The van der Waals surface area contributed by atoms with E-state index in [1.807, 2.05) is 36.7 Å². The Bertz CT molecular complexity index is 806. The van der Waals surface area contributed by atoms with E-state index in [1.54, 1.807) is 0 Å². The highest BCUT2D eigenvalue weighted by Gasteiger charge is 2.27. The molecule has 1 aliphatic carbocycles. The molecule has 0 bridgehead atoms. The Morgan fingerprint density at radius 2 is 1.91 bits per heavy atom. The second-order valence-corrected chi connectivity index (χ2v) is 5.95. The molecule has 0 aliphatic heterocycles. The molecule has 0 amide bonds. The summed E-state index contributed by atoms with van der Waals surface area (Å²) < 4.78 is 8.03. The van der Waals surface area contributed by atoms with Gasteiger partial charge in [-0.1, -0.05) is 30.3 Å². The predicted molar refractivity (Wildman–Crippen MR) is 84.8 cm³/mol. The number of imidazole rings is 1. The molecular formula is C17H18N4O. The summed E-state index contributed by atoms with van der Waals surface area (Å²) in [5.41, 5.74) is 2.57. The maximum atomic E-state index is 5.97. The molecule has 1 fully saturated rings. The van der Waals surface area contributed by atoms with E-state index in [0.29, 0.717) is 11.7 Å². The van der Waals surface area contributed by atoms with Gasteiger partial charge in [-0.05, 0) is 26.7 Å². The molecule has 0 atom stereocenters. The first-order valence-electron chi connectivity index (χ1n) is 7.69.